The molecular formula is C6H8BrNOS. The molecule has 2 fully saturated rings. The highest BCUT2D eigenvalue weighted by Gasteiger charge is 2.44. The zero-order valence-corrected chi connectivity index (χ0v) is 7.82. The molecule has 2 heterocycles. The van der Waals surface area contributed by atoms with Crippen molar-refractivity contribution in [3.05, 3.63) is 0 Å². The molecule has 2 aliphatic heterocycles. The number of hydrogen-bond acceptors (Lipinski definition) is 2. The monoisotopic (exact) mass is 221 g/mol. The summed E-state index contributed by atoms with van der Waals surface area (Å²) in [7, 11) is 0. The molecule has 0 bridgehead atoms. The predicted octanol–water partition coefficient (Wildman–Crippen LogP) is 1.06. The molecule has 4 heteroatoms. The van der Waals surface area contributed by atoms with Crippen molar-refractivity contribution in [1.29, 1.82) is 0 Å². The SMILES string of the molecule is O=C1C[C@H]2S[C@H](CBr)CN12. The van der Waals surface area contributed by atoms with E-state index >= 15 is 0 Å². The van der Waals surface area contributed by atoms with Crippen LogP contribution in [0.1, 0.15) is 6.42 Å². The summed E-state index contributed by atoms with van der Waals surface area (Å²) in [5.41, 5.74) is 0. The van der Waals surface area contributed by atoms with Crippen molar-refractivity contribution in [3.8, 4) is 0 Å². The number of β-lactam (4-membered cyclic amide) rings is 1. The third-order valence-corrected chi connectivity index (χ3v) is 4.59. The lowest BCUT2D eigenvalue weighted by Crippen LogP contribution is -2.47. The molecule has 1 amide bonds. The highest BCUT2D eigenvalue weighted by Crippen LogP contribution is 2.39. The summed E-state index contributed by atoms with van der Waals surface area (Å²) in [6, 6.07) is 0. The highest BCUT2D eigenvalue weighted by molar-refractivity contribution is 9.09. The van der Waals surface area contributed by atoms with Gasteiger partial charge in [-0.2, -0.15) is 0 Å². The topological polar surface area (TPSA) is 20.3 Å². The molecule has 2 nitrogen and oxygen atoms in total. The first-order chi connectivity index (χ1) is 4.81. The van der Waals surface area contributed by atoms with Crippen molar-refractivity contribution in [1.82, 2.24) is 4.90 Å². The zero-order valence-electron chi connectivity index (χ0n) is 5.42. The lowest BCUT2D eigenvalue weighted by molar-refractivity contribution is -0.140. The van der Waals surface area contributed by atoms with Gasteiger partial charge in [-0.25, -0.2) is 0 Å². The second-order valence-corrected chi connectivity index (χ2v) is 4.75. The number of fused-ring (bicyclic) bond motifs is 1. The van der Waals surface area contributed by atoms with Crippen LogP contribution in [0.5, 0.6) is 0 Å². The Morgan fingerprint density at radius 2 is 2.60 bits per heavy atom. The summed E-state index contributed by atoms with van der Waals surface area (Å²) in [4.78, 5) is 12.8. The molecule has 0 unspecified atom stereocenters. The van der Waals surface area contributed by atoms with Crippen molar-refractivity contribution in [2.24, 2.45) is 0 Å². The second kappa shape index (κ2) is 2.41. The summed E-state index contributed by atoms with van der Waals surface area (Å²) in [6.07, 6.45) is 0.772. The van der Waals surface area contributed by atoms with Gasteiger partial charge in [-0.3, -0.25) is 4.79 Å². The zero-order chi connectivity index (χ0) is 7.14. The average Bonchev–Trinajstić information content (AvgIpc) is 2.26. The average molecular weight is 222 g/mol. The first-order valence-electron chi connectivity index (χ1n) is 3.32. The quantitative estimate of drug-likeness (QED) is 0.488. The summed E-state index contributed by atoms with van der Waals surface area (Å²) >= 11 is 5.34. The molecular weight excluding hydrogens is 214 g/mol. The van der Waals surface area contributed by atoms with E-state index in [-0.39, 0.29) is 0 Å². The fraction of sp³-hybridized carbons (Fsp3) is 0.833. The van der Waals surface area contributed by atoms with E-state index in [1.807, 2.05) is 16.7 Å². The Hall–Kier alpha value is 0.300. The van der Waals surface area contributed by atoms with E-state index in [4.69, 9.17) is 0 Å². The van der Waals surface area contributed by atoms with Crippen LogP contribution in [0.2, 0.25) is 0 Å². The normalized spacial score (nSPS) is 37.7. The molecule has 2 saturated heterocycles. The Bertz CT molecular complexity index is 175. The maximum Gasteiger partial charge on any atom is 0.226 e. The van der Waals surface area contributed by atoms with Gasteiger partial charge in [0.05, 0.1) is 11.8 Å². The first kappa shape index (κ1) is 6.98. The first-order valence-corrected chi connectivity index (χ1v) is 5.38. The molecule has 56 valence electrons. The number of carbonyl (C=O) groups is 1. The number of nitrogens with zero attached hydrogens (tertiary/aromatic N) is 1. The number of carbonyl (C=O) groups excluding carboxylic acids is 1. The van der Waals surface area contributed by atoms with Gasteiger partial charge in [-0.15, -0.1) is 11.8 Å². The van der Waals surface area contributed by atoms with Crippen LogP contribution in [-0.4, -0.2) is 33.3 Å². The summed E-state index contributed by atoms with van der Waals surface area (Å²) < 4.78 is 0. The van der Waals surface area contributed by atoms with E-state index in [0.29, 0.717) is 16.5 Å². The van der Waals surface area contributed by atoms with Crippen LogP contribution in [-0.2, 0) is 4.79 Å². The van der Waals surface area contributed by atoms with E-state index in [9.17, 15) is 4.79 Å². The Balaban J connectivity index is 1.99. The van der Waals surface area contributed by atoms with Gasteiger partial charge in [-0.1, -0.05) is 15.9 Å². The van der Waals surface area contributed by atoms with Crippen LogP contribution in [0, 0.1) is 0 Å². The number of amides is 1. The third-order valence-electron chi connectivity index (χ3n) is 1.94. The van der Waals surface area contributed by atoms with Crippen LogP contribution in [0.4, 0.5) is 0 Å². The molecule has 2 rings (SSSR count). The van der Waals surface area contributed by atoms with Crippen LogP contribution in [0.25, 0.3) is 0 Å². The second-order valence-electron chi connectivity index (χ2n) is 2.62. The minimum Gasteiger partial charge on any atom is -0.329 e. The molecule has 0 aliphatic carbocycles. The Labute approximate surface area is 72.5 Å². The van der Waals surface area contributed by atoms with Crippen molar-refractivity contribution in [3.63, 3.8) is 0 Å². The number of alkyl halides is 1. The van der Waals surface area contributed by atoms with Crippen LogP contribution in [0.15, 0.2) is 0 Å². The number of halogens is 1. The van der Waals surface area contributed by atoms with Gasteiger partial charge in [-0.05, 0) is 0 Å². The van der Waals surface area contributed by atoms with E-state index in [2.05, 4.69) is 15.9 Å². The highest BCUT2D eigenvalue weighted by atomic mass is 79.9. The van der Waals surface area contributed by atoms with E-state index in [0.717, 1.165) is 18.3 Å². The van der Waals surface area contributed by atoms with Crippen molar-refractivity contribution in [2.75, 3.05) is 11.9 Å². The number of hydrogen-bond donors (Lipinski definition) is 0. The van der Waals surface area contributed by atoms with E-state index in [1.54, 1.807) is 0 Å². The molecule has 0 spiro atoms. The molecule has 0 aromatic carbocycles. The van der Waals surface area contributed by atoms with Crippen molar-refractivity contribution < 1.29 is 4.79 Å². The Morgan fingerprint density at radius 3 is 3.10 bits per heavy atom. The smallest absolute Gasteiger partial charge is 0.226 e. The maximum atomic E-state index is 10.9. The largest absolute Gasteiger partial charge is 0.329 e. The van der Waals surface area contributed by atoms with Gasteiger partial charge < -0.3 is 4.90 Å². The summed E-state index contributed by atoms with van der Waals surface area (Å²) in [5, 5.41) is 2.17. The van der Waals surface area contributed by atoms with Crippen molar-refractivity contribution >= 4 is 33.6 Å². The van der Waals surface area contributed by atoms with Gasteiger partial charge in [0.2, 0.25) is 5.91 Å². The molecule has 0 aromatic rings. The lowest BCUT2D eigenvalue weighted by atomic mass is 10.2. The van der Waals surface area contributed by atoms with Gasteiger partial charge in [0.15, 0.2) is 0 Å². The van der Waals surface area contributed by atoms with Gasteiger partial charge in [0, 0.05) is 17.1 Å². The predicted molar refractivity (Wildman–Crippen MR) is 45.3 cm³/mol. The van der Waals surface area contributed by atoms with Crippen LogP contribution < -0.4 is 0 Å². The molecule has 0 saturated carbocycles. The minimum absolute atomic E-state index is 0.334. The number of rotatable bonds is 1. The van der Waals surface area contributed by atoms with Gasteiger partial charge >= 0.3 is 0 Å². The fourth-order valence-corrected chi connectivity index (χ4v) is 3.35. The standard InChI is InChI=1S/C6H8BrNOS/c7-2-4-3-8-5(9)1-6(8)10-4/h4,6H,1-3H2/t4-,6-/m1/s1. The molecule has 2 aliphatic rings. The van der Waals surface area contributed by atoms with Crippen LogP contribution in [0.3, 0.4) is 0 Å². The summed E-state index contributed by atoms with van der Waals surface area (Å²) in [5.74, 6) is 0.334. The molecule has 10 heavy (non-hydrogen) atoms. The molecule has 2 atom stereocenters. The Kier molecular flexibility index (Phi) is 1.68. The fourth-order valence-electron chi connectivity index (χ4n) is 1.34. The molecule has 0 aromatic heterocycles. The maximum absolute atomic E-state index is 10.9. The third kappa shape index (κ3) is 0.889. The van der Waals surface area contributed by atoms with Gasteiger partial charge in [0.1, 0.15) is 0 Å². The lowest BCUT2D eigenvalue weighted by Gasteiger charge is -2.32. The van der Waals surface area contributed by atoms with E-state index in [1.165, 1.54) is 0 Å². The molecule has 0 radical (unpaired) electrons. The van der Waals surface area contributed by atoms with E-state index < -0.39 is 0 Å². The Morgan fingerprint density at radius 1 is 1.80 bits per heavy atom. The molecule has 0 N–H and O–H groups in total. The van der Waals surface area contributed by atoms with Crippen LogP contribution >= 0.6 is 27.7 Å². The number of thioether (sulfide) groups is 1. The van der Waals surface area contributed by atoms with Crippen molar-refractivity contribution in [2.45, 2.75) is 17.0 Å². The minimum atomic E-state index is 0.334. The summed E-state index contributed by atoms with van der Waals surface area (Å²) in [6.45, 7) is 0.958. The van der Waals surface area contributed by atoms with Gasteiger partial charge in [0.25, 0.3) is 0 Å².